The standard InChI is InChI=1S/C13H17N3O/c1-14-9-12(17)10-5-3-4-6-11(10)13-15-7-8-16(13)2/h3-8,12,14,17H,9H2,1-2H3. The summed E-state index contributed by atoms with van der Waals surface area (Å²) in [6.07, 6.45) is 3.14. The third-order valence-corrected chi connectivity index (χ3v) is 2.78. The molecule has 0 radical (unpaired) electrons. The van der Waals surface area contributed by atoms with Crippen molar-refractivity contribution in [3.8, 4) is 11.4 Å². The molecule has 0 aliphatic carbocycles. The molecule has 0 bridgehead atoms. The highest BCUT2D eigenvalue weighted by Crippen LogP contribution is 2.26. The Balaban J connectivity index is 2.44. The molecule has 2 aromatic rings. The van der Waals surface area contributed by atoms with Gasteiger partial charge in [-0.2, -0.15) is 0 Å². The fourth-order valence-electron chi connectivity index (χ4n) is 1.92. The lowest BCUT2D eigenvalue weighted by Crippen LogP contribution is -2.17. The molecule has 0 saturated carbocycles. The first-order valence-corrected chi connectivity index (χ1v) is 5.63. The van der Waals surface area contributed by atoms with Crippen molar-refractivity contribution in [1.82, 2.24) is 14.9 Å². The van der Waals surface area contributed by atoms with Crippen LogP contribution in [0.15, 0.2) is 36.7 Å². The second kappa shape index (κ2) is 5.12. The summed E-state index contributed by atoms with van der Waals surface area (Å²) in [4.78, 5) is 4.32. The number of aromatic nitrogens is 2. The van der Waals surface area contributed by atoms with E-state index in [1.54, 1.807) is 6.20 Å². The fraction of sp³-hybridized carbons (Fsp3) is 0.308. The van der Waals surface area contributed by atoms with Gasteiger partial charge in [0.2, 0.25) is 0 Å². The van der Waals surface area contributed by atoms with E-state index in [0.29, 0.717) is 6.54 Å². The van der Waals surface area contributed by atoms with Crippen molar-refractivity contribution in [2.45, 2.75) is 6.10 Å². The van der Waals surface area contributed by atoms with Gasteiger partial charge in [-0.25, -0.2) is 4.98 Å². The molecule has 4 heteroatoms. The Bertz CT molecular complexity index is 493. The van der Waals surface area contributed by atoms with E-state index in [1.807, 2.05) is 49.1 Å². The molecule has 0 spiro atoms. The van der Waals surface area contributed by atoms with E-state index in [2.05, 4.69) is 10.3 Å². The molecule has 4 nitrogen and oxygen atoms in total. The summed E-state index contributed by atoms with van der Waals surface area (Å²) in [5.41, 5.74) is 1.87. The Morgan fingerprint density at radius 3 is 2.82 bits per heavy atom. The summed E-state index contributed by atoms with van der Waals surface area (Å²) < 4.78 is 1.95. The van der Waals surface area contributed by atoms with Crippen LogP contribution in [0.5, 0.6) is 0 Å². The topological polar surface area (TPSA) is 50.1 Å². The molecule has 1 aromatic carbocycles. The van der Waals surface area contributed by atoms with Gasteiger partial charge in [-0.1, -0.05) is 24.3 Å². The lowest BCUT2D eigenvalue weighted by Gasteiger charge is -2.15. The van der Waals surface area contributed by atoms with Crippen molar-refractivity contribution in [3.05, 3.63) is 42.2 Å². The summed E-state index contributed by atoms with van der Waals surface area (Å²) in [5.74, 6) is 0.871. The molecule has 0 amide bonds. The number of aliphatic hydroxyl groups is 1. The first-order valence-electron chi connectivity index (χ1n) is 5.63. The highest BCUT2D eigenvalue weighted by atomic mass is 16.3. The quantitative estimate of drug-likeness (QED) is 0.835. The molecule has 2 rings (SSSR count). The van der Waals surface area contributed by atoms with Crippen molar-refractivity contribution in [1.29, 1.82) is 0 Å². The molecule has 1 heterocycles. The van der Waals surface area contributed by atoms with Crippen LogP contribution < -0.4 is 5.32 Å². The van der Waals surface area contributed by atoms with Crippen LogP contribution in [0.2, 0.25) is 0 Å². The molecule has 0 fully saturated rings. The van der Waals surface area contributed by atoms with Gasteiger partial charge in [0.05, 0.1) is 6.10 Å². The molecule has 0 saturated heterocycles. The zero-order valence-corrected chi connectivity index (χ0v) is 10.1. The molecule has 0 aliphatic rings. The van der Waals surface area contributed by atoms with E-state index in [1.165, 1.54) is 0 Å². The maximum absolute atomic E-state index is 10.1. The van der Waals surface area contributed by atoms with E-state index < -0.39 is 6.10 Å². The van der Waals surface area contributed by atoms with Gasteiger partial charge in [0.1, 0.15) is 5.82 Å². The highest BCUT2D eigenvalue weighted by molar-refractivity contribution is 5.61. The molecule has 1 atom stereocenters. The molecule has 90 valence electrons. The molecule has 2 N–H and O–H groups in total. The summed E-state index contributed by atoms with van der Waals surface area (Å²) in [7, 11) is 3.77. The van der Waals surface area contributed by atoms with Gasteiger partial charge >= 0.3 is 0 Å². The molecule has 1 unspecified atom stereocenters. The minimum atomic E-state index is -0.520. The Hall–Kier alpha value is -1.65. The summed E-state index contributed by atoms with van der Waals surface area (Å²) >= 11 is 0. The van der Waals surface area contributed by atoms with Gasteiger partial charge in [-0.3, -0.25) is 0 Å². The van der Waals surface area contributed by atoms with Crippen LogP contribution in [0.3, 0.4) is 0 Å². The zero-order valence-electron chi connectivity index (χ0n) is 10.1. The van der Waals surface area contributed by atoms with Crippen LogP contribution >= 0.6 is 0 Å². The Kier molecular flexibility index (Phi) is 3.56. The van der Waals surface area contributed by atoms with Crippen molar-refractivity contribution in [2.24, 2.45) is 7.05 Å². The third-order valence-electron chi connectivity index (χ3n) is 2.78. The van der Waals surface area contributed by atoms with Gasteiger partial charge in [0.25, 0.3) is 0 Å². The number of hydrogen-bond donors (Lipinski definition) is 2. The summed E-state index contributed by atoms with van der Waals surface area (Å²) in [5, 5.41) is 13.1. The van der Waals surface area contributed by atoms with Gasteiger partial charge in [0, 0.05) is 31.5 Å². The first kappa shape index (κ1) is 11.8. The van der Waals surface area contributed by atoms with Crippen LogP contribution in [0, 0.1) is 0 Å². The fourth-order valence-corrected chi connectivity index (χ4v) is 1.92. The number of aliphatic hydroxyl groups excluding tert-OH is 1. The van der Waals surface area contributed by atoms with Crippen molar-refractivity contribution in [2.75, 3.05) is 13.6 Å². The van der Waals surface area contributed by atoms with Gasteiger partial charge in [0.15, 0.2) is 0 Å². The Morgan fingerprint density at radius 1 is 1.41 bits per heavy atom. The maximum Gasteiger partial charge on any atom is 0.139 e. The SMILES string of the molecule is CNCC(O)c1ccccc1-c1nccn1C. The van der Waals surface area contributed by atoms with Crippen molar-refractivity contribution < 1.29 is 5.11 Å². The van der Waals surface area contributed by atoms with E-state index in [4.69, 9.17) is 0 Å². The van der Waals surface area contributed by atoms with Crippen LogP contribution in [0.4, 0.5) is 0 Å². The van der Waals surface area contributed by atoms with E-state index >= 15 is 0 Å². The summed E-state index contributed by atoms with van der Waals surface area (Å²) in [6, 6.07) is 7.81. The number of aryl methyl sites for hydroxylation is 1. The number of imidazole rings is 1. The number of hydrogen-bond acceptors (Lipinski definition) is 3. The number of nitrogens with one attached hydrogen (secondary N) is 1. The van der Waals surface area contributed by atoms with Crippen LogP contribution in [0.1, 0.15) is 11.7 Å². The zero-order chi connectivity index (χ0) is 12.3. The van der Waals surface area contributed by atoms with E-state index in [9.17, 15) is 5.11 Å². The molecule has 1 aromatic heterocycles. The second-order valence-electron chi connectivity index (χ2n) is 4.02. The second-order valence-corrected chi connectivity index (χ2v) is 4.02. The van der Waals surface area contributed by atoms with Crippen molar-refractivity contribution >= 4 is 0 Å². The molecular formula is C13H17N3O. The monoisotopic (exact) mass is 231 g/mol. The van der Waals surface area contributed by atoms with Crippen LogP contribution in [-0.4, -0.2) is 28.3 Å². The van der Waals surface area contributed by atoms with Gasteiger partial charge < -0.3 is 15.0 Å². The van der Waals surface area contributed by atoms with Crippen LogP contribution in [-0.2, 0) is 7.05 Å². The van der Waals surface area contributed by atoms with Gasteiger partial charge in [-0.15, -0.1) is 0 Å². The number of benzene rings is 1. The average molecular weight is 231 g/mol. The minimum absolute atomic E-state index is 0.520. The Morgan fingerprint density at radius 2 is 2.18 bits per heavy atom. The predicted molar refractivity (Wildman–Crippen MR) is 67.5 cm³/mol. The summed E-state index contributed by atoms with van der Waals surface area (Å²) in [6.45, 7) is 0.529. The molecule has 17 heavy (non-hydrogen) atoms. The lowest BCUT2D eigenvalue weighted by atomic mass is 10.0. The number of likely N-dealkylation sites (N-methyl/N-ethyl adjacent to an activating group) is 1. The number of rotatable bonds is 4. The smallest absolute Gasteiger partial charge is 0.139 e. The largest absolute Gasteiger partial charge is 0.387 e. The minimum Gasteiger partial charge on any atom is -0.387 e. The van der Waals surface area contributed by atoms with Gasteiger partial charge in [-0.05, 0) is 12.6 Å². The van der Waals surface area contributed by atoms with Crippen LogP contribution in [0.25, 0.3) is 11.4 Å². The normalized spacial score (nSPS) is 12.6. The maximum atomic E-state index is 10.1. The molecule has 0 aliphatic heterocycles. The number of nitrogens with zero attached hydrogens (tertiary/aromatic N) is 2. The Labute approximate surface area is 101 Å². The predicted octanol–water partition coefficient (Wildman–Crippen LogP) is 1.34. The van der Waals surface area contributed by atoms with Crippen molar-refractivity contribution in [3.63, 3.8) is 0 Å². The van der Waals surface area contributed by atoms with E-state index in [0.717, 1.165) is 17.0 Å². The van der Waals surface area contributed by atoms with E-state index in [-0.39, 0.29) is 0 Å². The highest BCUT2D eigenvalue weighted by Gasteiger charge is 2.14. The molecular weight excluding hydrogens is 214 g/mol. The first-order chi connectivity index (χ1) is 8.24. The average Bonchev–Trinajstić information content (AvgIpc) is 2.76. The lowest BCUT2D eigenvalue weighted by molar-refractivity contribution is 0.178. The third kappa shape index (κ3) is 2.38.